The fourth-order valence-electron chi connectivity index (χ4n) is 1.87. The van der Waals surface area contributed by atoms with Crippen LogP contribution < -0.4 is 0 Å². The lowest BCUT2D eigenvalue weighted by Crippen LogP contribution is -2.23. The topological polar surface area (TPSA) is 12.4 Å². The maximum atomic E-state index is 12.7. The van der Waals surface area contributed by atoms with Gasteiger partial charge in [-0.05, 0) is 11.1 Å². The highest BCUT2D eigenvalue weighted by Crippen LogP contribution is 2.25. The van der Waals surface area contributed by atoms with Gasteiger partial charge >= 0.3 is 6.18 Å². The summed E-state index contributed by atoms with van der Waals surface area (Å²) in [5.74, 6) is 0. The highest BCUT2D eigenvalue weighted by molar-refractivity contribution is 6.04. The molecule has 0 spiro atoms. The Morgan fingerprint density at radius 3 is 1.84 bits per heavy atom. The normalized spacial score (nSPS) is 12.5. The molecule has 2 aromatic rings. The van der Waals surface area contributed by atoms with Gasteiger partial charge in [0.15, 0.2) is 0 Å². The van der Waals surface area contributed by atoms with E-state index >= 15 is 0 Å². The Balaban J connectivity index is 2.34. The van der Waals surface area contributed by atoms with Crippen molar-refractivity contribution in [3.8, 4) is 11.1 Å². The predicted octanol–water partition coefficient (Wildman–Crippen LogP) is 4.33. The third-order valence-corrected chi connectivity index (χ3v) is 2.76. The molecule has 0 aliphatic heterocycles. The van der Waals surface area contributed by atoms with Crippen LogP contribution in [0.25, 0.3) is 11.1 Å². The Labute approximate surface area is 109 Å². The van der Waals surface area contributed by atoms with E-state index in [0.717, 1.165) is 18.2 Å². The first-order valence-electron chi connectivity index (χ1n) is 5.72. The van der Waals surface area contributed by atoms with E-state index in [9.17, 15) is 13.2 Å². The van der Waals surface area contributed by atoms with Crippen molar-refractivity contribution in [2.45, 2.75) is 6.18 Å². The average Bonchev–Trinajstić information content (AvgIpc) is 2.40. The first-order valence-corrected chi connectivity index (χ1v) is 5.72. The molecule has 0 saturated carbocycles. The van der Waals surface area contributed by atoms with E-state index in [4.69, 9.17) is 0 Å². The molecule has 0 atom stereocenters. The second-order valence-electron chi connectivity index (χ2n) is 4.01. The molecule has 0 saturated heterocycles. The van der Waals surface area contributed by atoms with Crippen LogP contribution >= 0.6 is 0 Å². The van der Waals surface area contributed by atoms with Crippen molar-refractivity contribution in [2.24, 2.45) is 4.99 Å². The van der Waals surface area contributed by atoms with Gasteiger partial charge in [0, 0.05) is 12.6 Å². The van der Waals surface area contributed by atoms with Crippen molar-refractivity contribution in [1.29, 1.82) is 0 Å². The second kappa shape index (κ2) is 5.26. The molecule has 98 valence electrons. The molecular weight excluding hydrogens is 251 g/mol. The zero-order chi connectivity index (χ0) is 13.9. The Morgan fingerprint density at radius 2 is 1.37 bits per heavy atom. The van der Waals surface area contributed by atoms with Crippen molar-refractivity contribution in [2.75, 3.05) is 7.05 Å². The number of aliphatic imine (C=N–C) groups is 1. The molecular formula is C15H12F3N. The lowest BCUT2D eigenvalue weighted by atomic mass is 10.0. The fourth-order valence-corrected chi connectivity index (χ4v) is 1.87. The molecule has 0 N–H and O–H groups in total. The van der Waals surface area contributed by atoms with Crippen LogP contribution in [0.5, 0.6) is 0 Å². The highest BCUT2D eigenvalue weighted by Gasteiger charge is 2.36. The highest BCUT2D eigenvalue weighted by atomic mass is 19.4. The molecule has 0 heterocycles. The van der Waals surface area contributed by atoms with Gasteiger partial charge in [0.05, 0.1) is 0 Å². The van der Waals surface area contributed by atoms with Gasteiger partial charge in [-0.15, -0.1) is 0 Å². The van der Waals surface area contributed by atoms with Crippen molar-refractivity contribution in [1.82, 2.24) is 0 Å². The van der Waals surface area contributed by atoms with E-state index in [-0.39, 0.29) is 5.56 Å². The molecule has 0 unspecified atom stereocenters. The van der Waals surface area contributed by atoms with Crippen LogP contribution in [0.4, 0.5) is 13.2 Å². The molecule has 0 radical (unpaired) electrons. The minimum absolute atomic E-state index is 0.0784. The molecule has 0 bridgehead atoms. The first-order chi connectivity index (χ1) is 9.02. The zero-order valence-corrected chi connectivity index (χ0v) is 10.3. The molecule has 0 amide bonds. The minimum atomic E-state index is -4.43. The summed E-state index contributed by atoms with van der Waals surface area (Å²) in [5, 5.41) is 0. The lowest BCUT2D eigenvalue weighted by Gasteiger charge is -2.10. The van der Waals surface area contributed by atoms with Gasteiger partial charge in [0.25, 0.3) is 0 Å². The molecule has 19 heavy (non-hydrogen) atoms. The Bertz CT molecular complexity index is 569. The van der Waals surface area contributed by atoms with Gasteiger partial charge < -0.3 is 0 Å². The van der Waals surface area contributed by atoms with E-state index in [1.165, 1.54) is 12.1 Å². The van der Waals surface area contributed by atoms with Crippen LogP contribution in [0.3, 0.4) is 0 Å². The van der Waals surface area contributed by atoms with Crippen LogP contribution in [0.15, 0.2) is 59.6 Å². The molecule has 0 aliphatic carbocycles. The number of halogens is 3. The number of hydrogen-bond acceptors (Lipinski definition) is 1. The van der Waals surface area contributed by atoms with Crippen LogP contribution in [0, 0.1) is 0 Å². The average molecular weight is 263 g/mol. The van der Waals surface area contributed by atoms with Gasteiger partial charge in [-0.25, -0.2) is 0 Å². The summed E-state index contributed by atoms with van der Waals surface area (Å²) in [6.07, 6.45) is -4.43. The molecule has 4 heteroatoms. The van der Waals surface area contributed by atoms with Gasteiger partial charge in [-0.3, -0.25) is 4.99 Å². The van der Waals surface area contributed by atoms with Crippen molar-refractivity contribution in [3.05, 3.63) is 60.2 Å². The fraction of sp³-hybridized carbons (Fsp3) is 0.133. The number of rotatable bonds is 2. The van der Waals surface area contributed by atoms with Gasteiger partial charge in [-0.1, -0.05) is 54.6 Å². The standard InChI is InChI=1S/C15H12F3N/c1-19-14(15(16,17)18)13-9-7-12(8-10-13)11-5-3-2-4-6-11/h2-10H,1H3/b19-14-. The molecule has 0 aromatic heterocycles. The van der Waals surface area contributed by atoms with Crippen LogP contribution in [0.2, 0.25) is 0 Å². The Kier molecular flexibility index (Phi) is 3.69. The maximum Gasteiger partial charge on any atom is 0.433 e. The lowest BCUT2D eigenvalue weighted by molar-refractivity contribution is -0.0581. The summed E-state index contributed by atoms with van der Waals surface area (Å²) in [6, 6.07) is 15.7. The zero-order valence-electron chi connectivity index (χ0n) is 10.3. The summed E-state index contributed by atoms with van der Waals surface area (Å²) in [6.45, 7) is 0. The number of alkyl halides is 3. The molecule has 1 nitrogen and oxygen atoms in total. The van der Waals surface area contributed by atoms with E-state index in [2.05, 4.69) is 4.99 Å². The number of benzene rings is 2. The van der Waals surface area contributed by atoms with Crippen molar-refractivity contribution < 1.29 is 13.2 Å². The number of nitrogens with zero attached hydrogens (tertiary/aromatic N) is 1. The van der Waals surface area contributed by atoms with E-state index in [1.807, 2.05) is 30.3 Å². The van der Waals surface area contributed by atoms with E-state index in [1.54, 1.807) is 12.1 Å². The third-order valence-electron chi connectivity index (χ3n) is 2.76. The van der Waals surface area contributed by atoms with Crippen molar-refractivity contribution >= 4 is 5.71 Å². The summed E-state index contributed by atoms with van der Waals surface area (Å²) in [4.78, 5) is 3.32. The summed E-state index contributed by atoms with van der Waals surface area (Å²) < 4.78 is 38.1. The monoisotopic (exact) mass is 263 g/mol. The van der Waals surface area contributed by atoms with Gasteiger partial charge in [-0.2, -0.15) is 13.2 Å². The third kappa shape index (κ3) is 3.02. The van der Waals surface area contributed by atoms with Crippen LogP contribution in [-0.2, 0) is 0 Å². The second-order valence-corrected chi connectivity index (χ2v) is 4.01. The molecule has 0 aliphatic rings. The predicted molar refractivity (Wildman–Crippen MR) is 70.4 cm³/mol. The Hall–Kier alpha value is -2.10. The summed E-state index contributed by atoms with van der Waals surface area (Å²) in [5.41, 5.74) is 1.07. The molecule has 2 rings (SSSR count). The van der Waals surface area contributed by atoms with Crippen LogP contribution in [-0.4, -0.2) is 18.9 Å². The maximum absolute atomic E-state index is 12.7. The van der Waals surface area contributed by atoms with Crippen LogP contribution in [0.1, 0.15) is 5.56 Å². The first kappa shape index (κ1) is 13.3. The van der Waals surface area contributed by atoms with E-state index in [0.29, 0.717) is 0 Å². The van der Waals surface area contributed by atoms with Crippen molar-refractivity contribution in [3.63, 3.8) is 0 Å². The molecule has 0 fully saturated rings. The summed E-state index contributed by atoms with van der Waals surface area (Å²) in [7, 11) is 1.15. The summed E-state index contributed by atoms with van der Waals surface area (Å²) >= 11 is 0. The van der Waals surface area contributed by atoms with Gasteiger partial charge in [0.2, 0.25) is 0 Å². The smallest absolute Gasteiger partial charge is 0.283 e. The number of hydrogen-bond donors (Lipinski definition) is 0. The molecule has 2 aromatic carbocycles. The minimum Gasteiger partial charge on any atom is -0.283 e. The quantitative estimate of drug-likeness (QED) is 0.715. The SMILES string of the molecule is C/N=C(/c1ccc(-c2ccccc2)cc1)C(F)(F)F. The van der Waals surface area contributed by atoms with E-state index < -0.39 is 11.9 Å². The Morgan fingerprint density at radius 1 is 0.842 bits per heavy atom. The van der Waals surface area contributed by atoms with Gasteiger partial charge in [0.1, 0.15) is 5.71 Å². The largest absolute Gasteiger partial charge is 0.433 e.